The molecule has 2 N–H and O–H groups in total. The number of hydrogen-bond acceptors (Lipinski definition) is 5. The Labute approximate surface area is 85.6 Å². The van der Waals surface area contributed by atoms with Gasteiger partial charge in [-0.25, -0.2) is 4.98 Å². The van der Waals surface area contributed by atoms with E-state index in [0.29, 0.717) is 5.69 Å². The lowest BCUT2D eigenvalue weighted by Crippen LogP contribution is -2.35. The number of carbonyl (C=O) groups is 1. The third-order valence-corrected chi connectivity index (χ3v) is 2.28. The van der Waals surface area contributed by atoms with Gasteiger partial charge >= 0.3 is 0 Å². The summed E-state index contributed by atoms with van der Waals surface area (Å²) in [6.07, 6.45) is -0.900. The molecule has 0 radical (unpaired) electrons. The second kappa shape index (κ2) is 5.04. The molecule has 0 spiro atoms. The van der Waals surface area contributed by atoms with Gasteiger partial charge in [-0.05, 0) is 0 Å². The van der Waals surface area contributed by atoms with Crippen LogP contribution in [0.5, 0.6) is 0 Å². The lowest BCUT2D eigenvalue weighted by Gasteiger charge is -2.18. The number of carbonyl (C=O) groups excluding carboxylic acids is 1. The van der Waals surface area contributed by atoms with Gasteiger partial charge in [0.25, 0.3) is 5.91 Å². The third-order valence-electron chi connectivity index (χ3n) is 1.69. The fourth-order valence-electron chi connectivity index (χ4n) is 0.970. The Hall–Kier alpha value is -0.980. The van der Waals surface area contributed by atoms with Crippen molar-refractivity contribution in [2.45, 2.75) is 6.10 Å². The summed E-state index contributed by atoms with van der Waals surface area (Å²) in [5.41, 5.74) is 1.94. The van der Waals surface area contributed by atoms with Crippen molar-refractivity contribution < 1.29 is 15.0 Å². The molecule has 0 fully saturated rings. The molecule has 1 atom stereocenters. The standard InChI is InChI=1S/C8H12N2O3S/c1-10(2-6(12)3-11)8(13)7-4-14-5-9-7/h4-6,11-12H,2-3H2,1H3/t6-/m0/s1. The van der Waals surface area contributed by atoms with Crippen LogP contribution in [0.4, 0.5) is 0 Å². The number of aliphatic hydroxyl groups excluding tert-OH is 2. The smallest absolute Gasteiger partial charge is 0.273 e. The van der Waals surface area contributed by atoms with Crippen molar-refractivity contribution in [3.05, 3.63) is 16.6 Å². The minimum absolute atomic E-state index is 0.104. The second-order valence-electron chi connectivity index (χ2n) is 2.90. The first kappa shape index (κ1) is 11.1. The highest BCUT2D eigenvalue weighted by atomic mass is 32.1. The van der Waals surface area contributed by atoms with Crippen molar-refractivity contribution in [1.82, 2.24) is 9.88 Å². The monoisotopic (exact) mass is 216 g/mol. The molecule has 78 valence electrons. The van der Waals surface area contributed by atoms with Gasteiger partial charge < -0.3 is 15.1 Å². The van der Waals surface area contributed by atoms with E-state index in [4.69, 9.17) is 10.2 Å². The Morgan fingerprint density at radius 2 is 2.50 bits per heavy atom. The Kier molecular flexibility index (Phi) is 3.99. The molecule has 0 bridgehead atoms. The number of likely N-dealkylation sites (N-methyl/N-ethyl adjacent to an activating group) is 1. The lowest BCUT2D eigenvalue weighted by molar-refractivity contribution is 0.0517. The van der Waals surface area contributed by atoms with Crippen molar-refractivity contribution in [1.29, 1.82) is 0 Å². The summed E-state index contributed by atoms with van der Waals surface area (Å²) in [6.45, 7) is -0.248. The normalized spacial score (nSPS) is 12.5. The first-order chi connectivity index (χ1) is 6.65. The van der Waals surface area contributed by atoms with Gasteiger partial charge in [0.2, 0.25) is 0 Å². The number of rotatable bonds is 4. The maximum absolute atomic E-state index is 11.5. The average molecular weight is 216 g/mol. The SMILES string of the molecule is CN(C[C@H](O)CO)C(=O)c1cscn1. The van der Waals surface area contributed by atoms with Crippen molar-refractivity contribution in [2.24, 2.45) is 0 Å². The molecule has 0 aromatic carbocycles. The quantitative estimate of drug-likeness (QED) is 0.716. The van der Waals surface area contributed by atoms with Crippen LogP contribution in [0, 0.1) is 0 Å². The van der Waals surface area contributed by atoms with Crippen molar-refractivity contribution in [3.8, 4) is 0 Å². The van der Waals surface area contributed by atoms with E-state index in [-0.39, 0.29) is 19.1 Å². The second-order valence-corrected chi connectivity index (χ2v) is 3.61. The Morgan fingerprint density at radius 1 is 1.79 bits per heavy atom. The maximum atomic E-state index is 11.5. The Bertz CT molecular complexity index is 289. The first-order valence-electron chi connectivity index (χ1n) is 4.07. The van der Waals surface area contributed by atoms with Crippen molar-refractivity contribution >= 4 is 17.2 Å². The summed E-state index contributed by atoms with van der Waals surface area (Å²) in [6, 6.07) is 0. The largest absolute Gasteiger partial charge is 0.394 e. The number of thiazole rings is 1. The van der Waals surface area contributed by atoms with Crippen LogP contribution in [0.3, 0.4) is 0 Å². The van der Waals surface area contributed by atoms with E-state index < -0.39 is 6.10 Å². The number of aliphatic hydroxyl groups is 2. The van der Waals surface area contributed by atoms with Crippen LogP contribution < -0.4 is 0 Å². The van der Waals surface area contributed by atoms with Crippen molar-refractivity contribution in [3.63, 3.8) is 0 Å². The van der Waals surface area contributed by atoms with Crippen LogP contribution in [0.15, 0.2) is 10.9 Å². The molecule has 6 heteroatoms. The topological polar surface area (TPSA) is 73.7 Å². The number of hydrogen-bond donors (Lipinski definition) is 2. The highest BCUT2D eigenvalue weighted by Crippen LogP contribution is 2.04. The summed E-state index contributed by atoms with van der Waals surface area (Å²) in [5.74, 6) is -0.251. The van der Waals surface area contributed by atoms with Gasteiger partial charge in [0, 0.05) is 19.0 Å². The molecule has 1 aromatic rings. The fraction of sp³-hybridized carbons (Fsp3) is 0.500. The molecule has 0 aliphatic rings. The van der Waals surface area contributed by atoms with E-state index in [2.05, 4.69) is 4.98 Å². The van der Waals surface area contributed by atoms with Gasteiger partial charge in [0.1, 0.15) is 5.69 Å². The minimum Gasteiger partial charge on any atom is -0.394 e. The van der Waals surface area contributed by atoms with Gasteiger partial charge in [-0.15, -0.1) is 11.3 Å². The fourth-order valence-corrected chi connectivity index (χ4v) is 1.50. The predicted octanol–water partition coefficient (Wildman–Crippen LogP) is -0.432. The van der Waals surface area contributed by atoms with Gasteiger partial charge in [0.15, 0.2) is 0 Å². The van der Waals surface area contributed by atoms with E-state index in [1.165, 1.54) is 16.2 Å². The van der Waals surface area contributed by atoms with Crippen LogP contribution in [0.2, 0.25) is 0 Å². The molecule has 0 aliphatic heterocycles. The lowest BCUT2D eigenvalue weighted by atomic mass is 10.3. The van der Waals surface area contributed by atoms with Crippen LogP contribution in [0.1, 0.15) is 10.5 Å². The van der Waals surface area contributed by atoms with Crippen LogP contribution in [0.25, 0.3) is 0 Å². The van der Waals surface area contributed by atoms with Gasteiger partial charge in [-0.3, -0.25) is 4.79 Å². The van der Waals surface area contributed by atoms with E-state index in [0.717, 1.165) is 0 Å². The zero-order chi connectivity index (χ0) is 10.6. The molecule has 0 aliphatic carbocycles. The van der Waals surface area contributed by atoms with Crippen LogP contribution >= 0.6 is 11.3 Å². The Balaban J connectivity index is 2.53. The molecule has 0 saturated heterocycles. The van der Waals surface area contributed by atoms with Gasteiger partial charge in [0.05, 0.1) is 18.2 Å². The number of aromatic nitrogens is 1. The minimum atomic E-state index is -0.900. The molecule has 1 heterocycles. The van der Waals surface area contributed by atoms with Crippen LogP contribution in [-0.2, 0) is 0 Å². The zero-order valence-corrected chi connectivity index (χ0v) is 8.57. The number of nitrogens with zero attached hydrogens (tertiary/aromatic N) is 2. The van der Waals surface area contributed by atoms with E-state index in [1.54, 1.807) is 17.9 Å². The number of amides is 1. The zero-order valence-electron chi connectivity index (χ0n) is 7.75. The predicted molar refractivity (Wildman–Crippen MR) is 52.2 cm³/mol. The van der Waals surface area contributed by atoms with E-state index in [9.17, 15) is 4.79 Å². The van der Waals surface area contributed by atoms with Crippen molar-refractivity contribution in [2.75, 3.05) is 20.2 Å². The van der Waals surface area contributed by atoms with Gasteiger partial charge in [-0.2, -0.15) is 0 Å². The summed E-state index contributed by atoms with van der Waals surface area (Å²) in [5, 5.41) is 19.4. The molecule has 1 amide bonds. The molecule has 1 rings (SSSR count). The van der Waals surface area contributed by atoms with Gasteiger partial charge in [-0.1, -0.05) is 0 Å². The summed E-state index contributed by atoms with van der Waals surface area (Å²) >= 11 is 1.34. The molecular formula is C8H12N2O3S. The average Bonchev–Trinajstić information content (AvgIpc) is 2.69. The van der Waals surface area contributed by atoms with E-state index in [1.807, 2.05) is 0 Å². The van der Waals surface area contributed by atoms with E-state index >= 15 is 0 Å². The summed E-state index contributed by atoms with van der Waals surface area (Å²) in [7, 11) is 1.56. The molecule has 14 heavy (non-hydrogen) atoms. The first-order valence-corrected chi connectivity index (χ1v) is 5.02. The molecular weight excluding hydrogens is 204 g/mol. The summed E-state index contributed by atoms with van der Waals surface area (Å²) < 4.78 is 0. The third kappa shape index (κ3) is 2.76. The molecule has 0 saturated carbocycles. The highest BCUT2D eigenvalue weighted by Gasteiger charge is 2.15. The Morgan fingerprint density at radius 3 is 3.00 bits per heavy atom. The molecule has 0 unspecified atom stereocenters. The highest BCUT2D eigenvalue weighted by molar-refractivity contribution is 7.07. The van der Waals surface area contributed by atoms with Crippen LogP contribution in [-0.4, -0.2) is 52.3 Å². The summed E-state index contributed by atoms with van der Waals surface area (Å²) in [4.78, 5) is 16.7. The molecule has 5 nitrogen and oxygen atoms in total. The molecule has 1 aromatic heterocycles. The maximum Gasteiger partial charge on any atom is 0.273 e.